The minimum absolute atomic E-state index is 0.740. The van der Waals surface area contributed by atoms with Crippen molar-refractivity contribution in [2.75, 3.05) is 5.75 Å². The second-order valence-electron chi connectivity index (χ2n) is 2.69. The molecule has 0 saturated heterocycles. The van der Waals surface area contributed by atoms with Crippen molar-refractivity contribution in [2.24, 2.45) is 0 Å². The first kappa shape index (κ1) is 9.33. The van der Waals surface area contributed by atoms with Gasteiger partial charge in [-0.1, -0.05) is 24.3 Å². The van der Waals surface area contributed by atoms with Crippen molar-refractivity contribution in [3.05, 3.63) is 35.4 Å². The average Bonchev–Trinajstić information content (AvgIpc) is 2.15. The van der Waals surface area contributed by atoms with Crippen LogP contribution in [0.15, 0.2) is 24.3 Å². The van der Waals surface area contributed by atoms with E-state index in [0.29, 0.717) is 0 Å². The summed E-state index contributed by atoms with van der Waals surface area (Å²) in [6.07, 6.45) is 2.99. The number of carbonyl (C=O) groups excluding carboxylic acids is 1. The summed E-state index contributed by atoms with van der Waals surface area (Å²) in [7, 11) is 0. The maximum Gasteiger partial charge on any atom is 0.150 e. The summed E-state index contributed by atoms with van der Waals surface area (Å²) in [6.45, 7) is 0. The molecule has 1 rings (SSSR count). The highest BCUT2D eigenvalue weighted by Gasteiger charge is 1.92. The van der Waals surface area contributed by atoms with Gasteiger partial charge in [0, 0.05) is 5.56 Å². The van der Waals surface area contributed by atoms with Gasteiger partial charge in [-0.15, -0.1) is 0 Å². The monoisotopic (exact) mass is 180 g/mol. The summed E-state index contributed by atoms with van der Waals surface area (Å²) in [6, 6.07) is 7.68. The van der Waals surface area contributed by atoms with Crippen LogP contribution >= 0.6 is 12.6 Å². The maximum absolute atomic E-state index is 10.3. The highest BCUT2D eigenvalue weighted by Crippen LogP contribution is 2.05. The minimum atomic E-state index is 0.740. The van der Waals surface area contributed by atoms with Crippen molar-refractivity contribution in [1.82, 2.24) is 0 Å². The molecular weight excluding hydrogens is 168 g/mol. The van der Waals surface area contributed by atoms with Crippen LogP contribution in [0.25, 0.3) is 0 Å². The predicted molar refractivity (Wildman–Crippen MR) is 54.0 cm³/mol. The Labute approximate surface area is 78.2 Å². The number of hydrogen-bond donors (Lipinski definition) is 1. The second-order valence-corrected chi connectivity index (χ2v) is 3.13. The van der Waals surface area contributed by atoms with Crippen LogP contribution in [0.5, 0.6) is 0 Å². The number of carbonyl (C=O) groups is 1. The summed E-state index contributed by atoms with van der Waals surface area (Å²) in [5.74, 6) is 0.912. The van der Waals surface area contributed by atoms with Crippen LogP contribution < -0.4 is 0 Å². The predicted octanol–water partition coefficient (Wildman–Crippen LogP) is 2.36. The van der Waals surface area contributed by atoms with E-state index >= 15 is 0 Å². The van der Waals surface area contributed by atoms with E-state index in [9.17, 15) is 4.79 Å². The molecule has 0 aromatic heterocycles. The SMILES string of the molecule is O=Cc1ccc(CCCS)cc1. The molecule has 0 aliphatic rings. The van der Waals surface area contributed by atoms with Gasteiger partial charge in [-0.3, -0.25) is 4.79 Å². The Balaban J connectivity index is 2.58. The van der Waals surface area contributed by atoms with Crippen LogP contribution in [-0.2, 0) is 6.42 Å². The molecule has 0 amide bonds. The highest BCUT2D eigenvalue weighted by atomic mass is 32.1. The molecule has 0 spiro atoms. The van der Waals surface area contributed by atoms with Gasteiger partial charge in [0.25, 0.3) is 0 Å². The van der Waals surface area contributed by atoms with Gasteiger partial charge in [0.15, 0.2) is 0 Å². The fourth-order valence-electron chi connectivity index (χ4n) is 1.05. The van der Waals surface area contributed by atoms with E-state index in [1.807, 2.05) is 24.3 Å². The lowest BCUT2D eigenvalue weighted by molar-refractivity contribution is 0.112. The van der Waals surface area contributed by atoms with E-state index in [-0.39, 0.29) is 0 Å². The normalized spacial score (nSPS) is 9.75. The van der Waals surface area contributed by atoms with Gasteiger partial charge in [0.2, 0.25) is 0 Å². The van der Waals surface area contributed by atoms with Crippen molar-refractivity contribution in [3.8, 4) is 0 Å². The van der Waals surface area contributed by atoms with Gasteiger partial charge >= 0.3 is 0 Å². The highest BCUT2D eigenvalue weighted by molar-refractivity contribution is 7.80. The zero-order chi connectivity index (χ0) is 8.81. The lowest BCUT2D eigenvalue weighted by Gasteiger charge is -1.98. The number of thiol groups is 1. The Hall–Kier alpha value is -0.760. The van der Waals surface area contributed by atoms with E-state index in [0.717, 1.165) is 30.4 Å². The van der Waals surface area contributed by atoms with Crippen LogP contribution in [-0.4, -0.2) is 12.0 Å². The second kappa shape index (κ2) is 4.99. The third-order valence-corrected chi connectivity index (χ3v) is 2.06. The van der Waals surface area contributed by atoms with Crippen molar-refractivity contribution in [3.63, 3.8) is 0 Å². The molecule has 0 unspecified atom stereocenters. The van der Waals surface area contributed by atoms with Crippen molar-refractivity contribution in [2.45, 2.75) is 12.8 Å². The first-order chi connectivity index (χ1) is 5.86. The Kier molecular flexibility index (Phi) is 3.88. The van der Waals surface area contributed by atoms with E-state index in [2.05, 4.69) is 12.6 Å². The Morgan fingerprint density at radius 1 is 1.25 bits per heavy atom. The van der Waals surface area contributed by atoms with Gasteiger partial charge in [-0.05, 0) is 24.2 Å². The third kappa shape index (κ3) is 2.70. The van der Waals surface area contributed by atoms with Crippen LogP contribution in [0.3, 0.4) is 0 Å². The fourth-order valence-corrected chi connectivity index (χ4v) is 1.20. The first-order valence-electron chi connectivity index (χ1n) is 4.02. The number of rotatable bonds is 4. The molecule has 2 heteroatoms. The molecule has 0 aliphatic heterocycles. The van der Waals surface area contributed by atoms with Gasteiger partial charge in [-0.25, -0.2) is 0 Å². The summed E-state index contributed by atoms with van der Waals surface area (Å²) >= 11 is 4.13. The number of aldehydes is 1. The lowest BCUT2D eigenvalue weighted by atomic mass is 10.1. The molecule has 0 aliphatic carbocycles. The number of aryl methyl sites for hydroxylation is 1. The average molecular weight is 180 g/mol. The molecular formula is C10H12OS. The molecule has 1 nitrogen and oxygen atoms in total. The van der Waals surface area contributed by atoms with Gasteiger partial charge in [-0.2, -0.15) is 12.6 Å². The molecule has 1 aromatic rings. The van der Waals surface area contributed by atoms with E-state index in [4.69, 9.17) is 0 Å². The molecule has 0 atom stereocenters. The molecule has 0 saturated carbocycles. The molecule has 0 fully saturated rings. The zero-order valence-corrected chi connectivity index (χ0v) is 7.76. The standard InChI is InChI=1S/C10H12OS/c11-8-10-5-3-9(4-6-10)2-1-7-12/h3-6,8,12H,1-2,7H2. The van der Waals surface area contributed by atoms with E-state index in [1.54, 1.807) is 0 Å². The Morgan fingerprint density at radius 2 is 1.92 bits per heavy atom. The fraction of sp³-hybridized carbons (Fsp3) is 0.300. The molecule has 0 heterocycles. The largest absolute Gasteiger partial charge is 0.298 e. The first-order valence-corrected chi connectivity index (χ1v) is 4.65. The summed E-state index contributed by atoms with van der Waals surface area (Å²) in [5.41, 5.74) is 2.01. The maximum atomic E-state index is 10.3. The van der Waals surface area contributed by atoms with Crippen LogP contribution in [0.2, 0.25) is 0 Å². The summed E-state index contributed by atoms with van der Waals surface area (Å²) < 4.78 is 0. The molecule has 0 N–H and O–H groups in total. The van der Waals surface area contributed by atoms with E-state index < -0.39 is 0 Å². The molecule has 12 heavy (non-hydrogen) atoms. The van der Waals surface area contributed by atoms with E-state index in [1.165, 1.54) is 5.56 Å². The Bertz CT molecular complexity index is 241. The van der Waals surface area contributed by atoms with Gasteiger partial charge in [0.1, 0.15) is 6.29 Å². The molecule has 64 valence electrons. The van der Waals surface area contributed by atoms with Crippen LogP contribution in [0.4, 0.5) is 0 Å². The van der Waals surface area contributed by atoms with Crippen LogP contribution in [0.1, 0.15) is 22.3 Å². The molecule has 0 bridgehead atoms. The number of benzene rings is 1. The third-order valence-electron chi connectivity index (χ3n) is 1.74. The smallest absolute Gasteiger partial charge is 0.150 e. The van der Waals surface area contributed by atoms with Crippen molar-refractivity contribution in [1.29, 1.82) is 0 Å². The van der Waals surface area contributed by atoms with Gasteiger partial charge < -0.3 is 0 Å². The molecule has 0 radical (unpaired) electrons. The lowest BCUT2D eigenvalue weighted by Crippen LogP contribution is -1.87. The Morgan fingerprint density at radius 3 is 2.42 bits per heavy atom. The minimum Gasteiger partial charge on any atom is -0.298 e. The van der Waals surface area contributed by atoms with Crippen molar-refractivity contribution >= 4 is 18.9 Å². The van der Waals surface area contributed by atoms with Crippen molar-refractivity contribution < 1.29 is 4.79 Å². The quantitative estimate of drug-likeness (QED) is 0.556. The van der Waals surface area contributed by atoms with Gasteiger partial charge in [0.05, 0.1) is 0 Å². The zero-order valence-electron chi connectivity index (χ0n) is 6.86. The molecule has 1 aromatic carbocycles. The summed E-state index contributed by atoms with van der Waals surface area (Å²) in [5, 5.41) is 0. The summed E-state index contributed by atoms with van der Waals surface area (Å²) in [4.78, 5) is 10.3. The topological polar surface area (TPSA) is 17.1 Å². The number of hydrogen-bond acceptors (Lipinski definition) is 2. The van der Waals surface area contributed by atoms with Crippen LogP contribution in [0, 0.1) is 0 Å².